The van der Waals surface area contributed by atoms with Crippen molar-refractivity contribution < 1.29 is 19.0 Å². The topological polar surface area (TPSA) is 47.9 Å². The van der Waals surface area contributed by atoms with Gasteiger partial charge in [-0.1, -0.05) is 0 Å². The molecular weight excluding hydrogens is 260 g/mol. The first-order chi connectivity index (χ1) is 8.68. The molecule has 0 aromatic heterocycles. The van der Waals surface area contributed by atoms with Gasteiger partial charge in [0.2, 0.25) is 8.32 Å². The Balaban J connectivity index is 1.99. The molecule has 4 nitrogen and oxygen atoms in total. The molecule has 0 amide bonds. The summed E-state index contributed by atoms with van der Waals surface area (Å²) in [5, 5.41) is 10.5. The van der Waals surface area contributed by atoms with E-state index in [1.54, 1.807) is 0 Å². The molecule has 0 aromatic carbocycles. The Kier molecular flexibility index (Phi) is 4.12. The van der Waals surface area contributed by atoms with Gasteiger partial charge >= 0.3 is 0 Å². The second-order valence-corrected chi connectivity index (χ2v) is 11.3. The van der Waals surface area contributed by atoms with Crippen molar-refractivity contribution in [1.29, 1.82) is 0 Å². The van der Waals surface area contributed by atoms with Crippen LogP contribution in [0.5, 0.6) is 0 Å². The minimum atomic E-state index is -1.63. The highest BCUT2D eigenvalue weighted by molar-refractivity contribution is 6.70. The first kappa shape index (κ1) is 15.0. The molecule has 1 aliphatic heterocycles. The van der Waals surface area contributed by atoms with E-state index in [0.29, 0.717) is 6.61 Å². The highest BCUT2D eigenvalue weighted by Crippen LogP contribution is 2.36. The van der Waals surface area contributed by atoms with Crippen LogP contribution >= 0.6 is 0 Å². The van der Waals surface area contributed by atoms with Crippen LogP contribution in [0.1, 0.15) is 26.7 Å². The van der Waals surface area contributed by atoms with Crippen LogP contribution < -0.4 is 0 Å². The quantitative estimate of drug-likeness (QED) is 0.807. The molecule has 1 aliphatic carbocycles. The van der Waals surface area contributed by atoms with E-state index in [2.05, 4.69) is 25.7 Å². The first-order valence-corrected chi connectivity index (χ1v) is 10.5. The van der Waals surface area contributed by atoms with Crippen LogP contribution in [0.15, 0.2) is 11.8 Å². The zero-order valence-electron chi connectivity index (χ0n) is 12.6. The fraction of sp³-hybridized carbons (Fsp3) is 0.857. The fourth-order valence-corrected chi connectivity index (χ4v) is 3.59. The zero-order valence-corrected chi connectivity index (χ0v) is 13.6. The van der Waals surface area contributed by atoms with E-state index in [0.717, 1.165) is 18.6 Å². The summed E-state index contributed by atoms with van der Waals surface area (Å²) in [6.45, 7) is 10.7. The summed E-state index contributed by atoms with van der Waals surface area (Å²) in [5.74, 6) is 0.419. The Hall–Kier alpha value is -0.363. The minimum Gasteiger partial charge on any atom is -0.547 e. The van der Waals surface area contributed by atoms with Gasteiger partial charge in [-0.2, -0.15) is 0 Å². The maximum atomic E-state index is 10.5. The van der Waals surface area contributed by atoms with Crippen molar-refractivity contribution in [2.75, 3.05) is 6.61 Å². The van der Waals surface area contributed by atoms with Crippen molar-refractivity contribution in [3.63, 3.8) is 0 Å². The first-order valence-electron chi connectivity index (χ1n) is 7.07. The van der Waals surface area contributed by atoms with Crippen molar-refractivity contribution in [2.24, 2.45) is 5.92 Å². The molecule has 0 radical (unpaired) electrons. The number of allylic oxidation sites excluding steroid dienone is 1. The molecule has 1 saturated heterocycles. The summed E-state index contributed by atoms with van der Waals surface area (Å²) in [5.41, 5.74) is 0. The van der Waals surface area contributed by atoms with Crippen molar-refractivity contribution in [3.8, 4) is 0 Å². The van der Waals surface area contributed by atoms with Crippen LogP contribution in [0, 0.1) is 5.92 Å². The smallest absolute Gasteiger partial charge is 0.241 e. The van der Waals surface area contributed by atoms with E-state index in [4.69, 9.17) is 13.9 Å². The lowest BCUT2D eigenvalue weighted by atomic mass is 9.96. The number of hydrogen-bond acceptors (Lipinski definition) is 4. The Morgan fingerprint density at radius 1 is 1.42 bits per heavy atom. The van der Waals surface area contributed by atoms with Crippen molar-refractivity contribution in [2.45, 2.75) is 64.3 Å². The predicted molar refractivity (Wildman–Crippen MR) is 76.1 cm³/mol. The van der Waals surface area contributed by atoms with E-state index in [1.807, 2.05) is 13.8 Å². The van der Waals surface area contributed by atoms with Crippen LogP contribution in [-0.4, -0.2) is 38.0 Å². The second-order valence-electron chi connectivity index (χ2n) is 6.86. The molecule has 0 unspecified atom stereocenters. The van der Waals surface area contributed by atoms with Crippen molar-refractivity contribution in [3.05, 3.63) is 11.8 Å². The Morgan fingerprint density at radius 3 is 2.63 bits per heavy atom. The fourth-order valence-electron chi connectivity index (χ4n) is 2.65. The molecule has 5 heteroatoms. The largest absolute Gasteiger partial charge is 0.547 e. The highest BCUT2D eigenvalue weighted by Gasteiger charge is 2.42. The molecule has 0 aromatic rings. The molecule has 1 N–H and O–H groups in total. The summed E-state index contributed by atoms with van der Waals surface area (Å²) in [6.07, 6.45) is 3.21. The van der Waals surface area contributed by atoms with Gasteiger partial charge in [0.05, 0.1) is 18.5 Å². The molecule has 110 valence electrons. The van der Waals surface area contributed by atoms with Gasteiger partial charge in [-0.15, -0.1) is 0 Å². The molecule has 2 aliphatic rings. The van der Waals surface area contributed by atoms with Crippen LogP contribution in [-0.2, 0) is 13.9 Å². The van der Waals surface area contributed by atoms with E-state index < -0.39 is 20.2 Å². The summed E-state index contributed by atoms with van der Waals surface area (Å²) in [4.78, 5) is 0. The number of aliphatic hydroxyl groups excluding tert-OH is 1. The molecule has 0 spiro atoms. The third-order valence-electron chi connectivity index (χ3n) is 3.44. The van der Waals surface area contributed by atoms with E-state index >= 15 is 0 Å². The molecule has 1 heterocycles. The molecular formula is C14H26O4Si. The predicted octanol–water partition coefficient (Wildman–Crippen LogP) is 2.64. The lowest BCUT2D eigenvalue weighted by Crippen LogP contribution is -2.38. The lowest BCUT2D eigenvalue weighted by Gasteiger charge is -2.30. The number of hydrogen-bond donors (Lipinski definition) is 1. The van der Waals surface area contributed by atoms with Crippen LogP contribution in [0.25, 0.3) is 0 Å². The Morgan fingerprint density at radius 2 is 2.11 bits per heavy atom. The number of rotatable bonds is 4. The third-order valence-corrected chi connectivity index (χ3v) is 4.28. The Bertz CT molecular complexity index is 359. The minimum absolute atomic E-state index is 0.0502. The zero-order chi connectivity index (χ0) is 14.3. The van der Waals surface area contributed by atoms with Gasteiger partial charge in [0.25, 0.3) is 0 Å². The van der Waals surface area contributed by atoms with Gasteiger partial charge in [0.15, 0.2) is 5.79 Å². The molecule has 2 rings (SSSR count). The third kappa shape index (κ3) is 3.81. The monoisotopic (exact) mass is 286 g/mol. The van der Waals surface area contributed by atoms with Gasteiger partial charge in [-0.05, 0) is 52.4 Å². The standard InChI is InChI=1S/C14H26O4Si/c1-14(2)16-9-12(17-14)13(15)10-7-6-8-11(10)18-19(3,4)5/h8,10,12-13,15H,6-7,9H2,1-5H3/t10-,12+,13-/m0/s1. The summed E-state index contributed by atoms with van der Waals surface area (Å²) in [7, 11) is -1.63. The average molecular weight is 286 g/mol. The number of ether oxygens (including phenoxy) is 2. The molecule has 19 heavy (non-hydrogen) atoms. The number of aliphatic hydroxyl groups is 1. The summed E-state index contributed by atoms with van der Waals surface area (Å²) in [6, 6.07) is 0. The molecule has 0 saturated carbocycles. The van der Waals surface area contributed by atoms with Gasteiger partial charge in [0.1, 0.15) is 6.10 Å². The SMILES string of the molecule is CC1(C)OC[C@H]([C@@H](O)[C@H]2CCC=C2O[Si](C)(C)C)O1. The summed E-state index contributed by atoms with van der Waals surface area (Å²) >= 11 is 0. The van der Waals surface area contributed by atoms with Crippen LogP contribution in [0.4, 0.5) is 0 Å². The summed E-state index contributed by atoms with van der Waals surface area (Å²) < 4.78 is 17.4. The molecule has 3 atom stereocenters. The van der Waals surface area contributed by atoms with Gasteiger partial charge in [-0.25, -0.2) is 0 Å². The molecule has 0 bridgehead atoms. The molecule has 1 fully saturated rings. The normalized spacial score (nSPS) is 32.2. The maximum absolute atomic E-state index is 10.5. The Labute approximate surface area is 116 Å². The van der Waals surface area contributed by atoms with E-state index in [9.17, 15) is 5.11 Å². The maximum Gasteiger partial charge on any atom is 0.241 e. The van der Waals surface area contributed by atoms with E-state index in [-0.39, 0.29) is 12.0 Å². The van der Waals surface area contributed by atoms with Gasteiger partial charge < -0.3 is 19.0 Å². The van der Waals surface area contributed by atoms with Crippen molar-refractivity contribution in [1.82, 2.24) is 0 Å². The van der Waals surface area contributed by atoms with E-state index in [1.165, 1.54) is 0 Å². The second kappa shape index (κ2) is 5.20. The average Bonchev–Trinajstić information content (AvgIpc) is 2.81. The van der Waals surface area contributed by atoms with Gasteiger partial charge in [-0.3, -0.25) is 0 Å². The van der Waals surface area contributed by atoms with Gasteiger partial charge in [0, 0.05) is 5.92 Å². The van der Waals surface area contributed by atoms with Crippen LogP contribution in [0.3, 0.4) is 0 Å². The van der Waals surface area contributed by atoms with Crippen LogP contribution in [0.2, 0.25) is 19.6 Å². The lowest BCUT2D eigenvalue weighted by molar-refractivity contribution is -0.154. The highest BCUT2D eigenvalue weighted by atomic mass is 28.4. The van der Waals surface area contributed by atoms with Crippen molar-refractivity contribution >= 4 is 8.32 Å².